The van der Waals surface area contributed by atoms with Crippen LogP contribution in [-0.2, 0) is 0 Å². The zero-order chi connectivity index (χ0) is 13.2. The van der Waals surface area contributed by atoms with Crippen molar-refractivity contribution in [3.05, 3.63) is 28.8 Å². The van der Waals surface area contributed by atoms with Gasteiger partial charge in [-0.2, -0.15) is 11.8 Å². The summed E-state index contributed by atoms with van der Waals surface area (Å²) in [5.74, 6) is -0.146. The van der Waals surface area contributed by atoms with Crippen molar-refractivity contribution >= 4 is 35.0 Å². The summed E-state index contributed by atoms with van der Waals surface area (Å²) in [5, 5.41) is 3.30. The summed E-state index contributed by atoms with van der Waals surface area (Å²) < 4.78 is 0.225. The van der Waals surface area contributed by atoms with Gasteiger partial charge in [-0.3, -0.25) is 4.79 Å². The first-order chi connectivity index (χ1) is 8.58. The summed E-state index contributed by atoms with van der Waals surface area (Å²) in [6, 6.07) is 5.12. The van der Waals surface area contributed by atoms with Crippen molar-refractivity contribution in [3.63, 3.8) is 0 Å². The van der Waals surface area contributed by atoms with Crippen LogP contribution in [0.4, 0.5) is 5.69 Å². The second-order valence-electron chi connectivity index (χ2n) is 4.63. The SMILES string of the molecule is CSC1(CNC(=O)c2cccc(N)c2Cl)CCC1. The Balaban J connectivity index is 2.02. The number of anilines is 1. The van der Waals surface area contributed by atoms with Crippen LogP contribution in [0.5, 0.6) is 0 Å². The zero-order valence-electron chi connectivity index (χ0n) is 10.3. The molecule has 0 aliphatic heterocycles. The first kappa shape index (κ1) is 13.6. The lowest BCUT2D eigenvalue weighted by molar-refractivity contribution is 0.0944. The van der Waals surface area contributed by atoms with Crippen LogP contribution in [-0.4, -0.2) is 23.5 Å². The molecule has 1 amide bonds. The molecule has 0 atom stereocenters. The van der Waals surface area contributed by atoms with Gasteiger partial charge >= 0.3 is 0 Å². The Hall–Kier alpha value is -0.870. The molecule has 5 heteroatoms. The fourth-order valence-corrected chi connectivity index (χ4v) is 3.21. The molecule has 0 bridgehead atoms. The molecule has 2 rings (SSSR count). The lowest BCUT2D eigenvalue weighted by Gasteiger charge is -2.40. The monoisotopic (exact) mass is 284 g/mol. The summed E-state index contributed by atoms with van der Waals surface area (Å²) in [4.78, 5) is 12.1. The smallest absolute Gasteiger partial charge is 0.252 e. The van der Waals surface area contributed by atoms with Gasteiger partial charge in [0.15, 0.2) is 0 Å². The second kappa shape index (κ2) is 5.41. The third-order valence-electron chi connectivity index (χ3n) is 3.54. The number of halogens is 1. The average Bonchev–Trinajstić information content (AvgIpc) is 2.31. The van der Waals surface area contributed by atoms with E-state index in [1.807, 2.05) is 11.8 Å². The van der Waals surface area contributed by atoms with Gasteiger partial charge in [0, 0.05) is 11.3 Å². The minimum atomic E-state index is -0.146. The largest absolute Gasteiger partial charge is 0.398 e. The predicted octanol–water partition coefficient (Wildman–Crippen LogP) is 2.94. The maximum atomic E-state index is 12.1. The molecular weight excluding hydrogens is 268 g/mol. The van der Waals surface area contributed by atoms with Crippen molar-refractivity contribution in [1.29, 1.82) is 0 Å². The van der Waals surface area contributed by atoms with Crippen LogP contribution in [0.15, 0.2) is 18.2 Å². The van der Waals surface area contributed by atoms with Crippen molar-refractivity contribution in [3.8, 4) is 0 Å². The van der Waals surface area contributed by atoms with Crippen LogP contribution < -0.4 is 11.1 Å². The maximum Gasteiger partial charge on any atom is 0.252 e. The van der Waals surface area contributed by atoms with E-state index in [0.717, 1.165) is 0 Å². The minimum Gasteiger partial charge on any atom is -0.398 e. The summed E-state index contributed by atoms with van der Waals surface area (Å²) in [6.07, 6.45) is 5.67. The lowest BCUT2D eigenvalue weighted by Crippen LogP contribution is -2.45. The van der Waals surface area contributed by atoms with E-state index in [-0.39, 0.29) is 10.7 Å². The highest BCUT2D eigenvalue weighted by atomic mass is 35.5. The van der Waals surface area contributed by atoms with E-state index in [2.05, 4.69) is 11.6 Å². The number of thioether (sulfide) groups is 1. The van der Waals surface area contributed by atoms with Crippen LogP contribution in [0.3, 0.4) is 0 Å². The molecule has 0 aromatic heterocycles. The van der Waals surface area contributed by atoms with Gasteiger partial charge < -0.3 is 11.1 Å². The molecule has 1 fully saturated rings. The molecule has 0 saturated heterocycles. The summed E-state index contributed by atoms with van der Waals surface area (Å²) >= 11 is 7.86. The number of rotatable bonds is 4. The van der Waals surface area contributed by atoms with Gasteiger partial charge in [-0.25, -0.2) is 0 Å². The van der Waals surface area contributed by atoms with E-state index < -0.39 is 0 Å². The molecular formula is C13H17ClN2OS. The molecule has 0 spiro atoms. The van der Waals surface area contributed by atoms with Crippen LogP contribution in [0.25, 0.3) is 0 Å². The van der Waals surface area contributed by atoms with Gasteiger partial charge in [-0.05, 0) is 31.2 Å². The molecule has 0 unspecified atom stereocenters. The zero-order valence-corrected chi connectivity index (χ0v) is 11.9. The number of hydrogen-bond donors (Lipinski definition) is 2. The normalized spacial score (nSPS) is 17.0. The first-order valence-corrected chi connectivity index (χ1v) is 7.56. The molecule has 1 saturated carbocycles. The molecule has 0 radical (unpaired) electrons. The van der Waals surface area contributed by atoms with E-state index in [1.165, 1.54) is 19.3 Å². The molecule has 3 nitrogen and oxygen atoms in total. The van der Waals surface area contributed by atoms with Crippen LogP contribution in [0, 0.1) is 0 Å². The van der Waals surface area contributed by atoms with E-state index in [4.69, 9.17) is 17.3 Å². The fourth-order valence-electron chi connectivity index (χ4n) is 2.09. The quantitative estimate of drug-likeness (QED) is 0.836. The van der Waals surface area contributed by atoms with Gasteiger partial charge in [0.1, 0.15) is 0 Å². The molecule has 18 heavy (non-hydrogen) atoms. The molecule has 1 aromatic rings. The Morgan fingerprint density at radius 2 is 2.28 bits per heavy atom. The Morgan fingerprint density at radius 3 is 2.83 bits per heavy atom. The molecule has 0 heterocycles. The van der Waals surface area contributed by atoms with Crippen LogP contribution >= 0.6 is 23.4 Å². The molecule has 1 aliphatic rings. The highest BCUT2D eigenvalue weighted by Crippen LogP contribution is 2.42. The van der Waals surface area contributed by atoms with Gasteiger partial charge in [0.05, 0.1) is 16.3 Å². The Bertz CT molecular complexity index is 455. The highest BCUT2D eigenvalue weighted by molar-refractivity contribution is 8.00. The van der Waals surface area contributed by atoms with Gasteiger partial charge in [0.25, 0.3) is 5.91 Å². The van der Waals surface area contributed by atoms with Crippen molar-refractivity contribution in [2.45, 2.75) is 24.0 Å². The number of hydrogen-bond acceptors (Lipinski definition) is 3. The van der Waals surface area contributed by atoms with Crippen molar-refractivity contribution in [1.82, 2.24) is 5.32 Å². The number of nitrogens with one attached hydrogen (secondary N) is 1. The first-order valence-electron chi connectivity index (χ1n) is 5.95. The Morgan fingerprint density at radius 1 is 1.56 bits per heavy atom. The third-order valence-corrected chi connectivity index (χ3v) is 5.38. The van der Waals surface area contributed by atoms with Crippen molar-refractivity contribution in [2.24, 2.45) is 0 Å². The van der Waals surface area contributed by atoms with Crippen LogP contribution in [0.2, 0.25) is 5.02 Å². The number of benzene rings is 1. The summed E-state index contributed by atoms with van der Waals surface area (Å²) in [7, 11) is 0. The Kier molecular flexibility index (Phi) is 4.07. The van der Waals surface area contributed by atoms with Gasteiger partial charge in [0.2, 0.25) is 0 Å². The fraction of sp³-hybridized carbons (Fsp3) is 0.462. The molecule has 3 N–H and O–H groups in total. The number of carbonyl (C=O) groups is 1. The van der Waals surface area contributed by atoms with Crippen molar-refractivity contribution < 1.29 is 4.79 Å². The second-order valence-corrected chi connectivity index (χ2v) is 6.28. The minimum absolute atomic E-state index is 0.146. The standard InChI is InChI=1S/C13H17ClN2OS/c1-18-13(6-3-7-13)8-16-12(17)9-4-2-5-10(15)11(9)14/h2,4-5H,3,6-8,15H2,1H3,(H,16,17). The van der Waals surface area contributed by atoms with Gasteiger partial charge in [-0.15, -0.1) is 0 Å². The van der Waals surface area contributed by atoms with E-state index >= 15 is 0 Å². The lowest BCUT2D eigenvalue weighted by atomic mass is 9.84. The predicted molar refractivity (Wildman–Crippen MR) is 78.3 cm³/mol. The highest BCUT2D eigenvalue weighted by Gasteiger charge is 2.36. The van der Waals surface area contributed by atoms with E-state index in [0.29, 0.717) is 22.8 Å². The number of carbonyl (C=O) groups excluding carboxylic acids is 1. The van der Waals surface area contributed by atoms with E-state index in [1.54, 1.807) is 18.2 Å². The Labute approximate surface area is 116 Å². The maximum absolute atomic E-state index is 12.1. The third kappa shape index (κ3) is 2.59. The topological polar surface area (TPSA) is 55.1 Å². The molecule has 1 aromatic carbocycles. The number of amides is 1. The van der Waals surface area contributed by atoms with Crippen molar-refractivity contribution in [2.75, 3.05) is 18.5 Å². The number of nitrogen functional groups attached to an aromatic ring is 1. The van der Waals surface area contributed by atoms with Crippen LogP contribution in [0.1, 0.15) is 29.6 Å². The molecule has 1 aliphatic carbocycles. The average molecular weight is 285 g/mol. The summed E-state index contributed by atoms with van der Waals surface area (Å²) in [6.45, 7) is 0.693. The van der Waals surface area contributed by atoms with E-state index in [9.17, 15) is 4.79 Å². The number of nitrogens with two attached hydrogens (primary N) is 1. The molecule has 98 valence electrons. The van der Waals surface area contributed by atoms with Gasteiger partial charge in [-0.1, -0.05) is 24.1 Å². The summed E-state index contributed by atoms with van der Waals surface area (Å²) in [5.41, 5.74) is 6.58.